The molecule has 0 fully saturated rings. The van der Waals surface area contributed by atoms with Gasteiger partial charge in [0.05, 0.1) is 23.7 Å². The Morgan fingerprint density at radius 3 is 2.52 bits per heavy atom. The van der Waals surface area contributed by atoms with Crippen LogP contribution in [-0.4, -0.2) is 21.6 Å². The Bertz CT molecular complexity index is 773. The Kier molecular flexibility index (Phi) is 5.85. The molecule has 4 nitrogen and oxygen atoms in total. The summed E-state index contributed by atoms with van der Waals surface area (Å²) in [7, 11) is -3.68. The zero-order chi connectivity index (χ0) is 16.9. The number of sulfonamides is 1. The molecule has 0 atom stereocenters. The minimum atomic E-state index is -3.68. The van der Waals surface area contributed by atoms with Gasteiger partial charge in [0.25, 0.3) is 10.0 Å². The van der Waals surface area contributed by atoms with Crippen LogP contribution >= 0.6 is 15.9 Å². The molecule has 0 saturated heterocycles. The van der Waals surface area contributed by atoms with Gasteiger partial charge in [-0.15, -0.1) is 6.58 Å². The number of anilines is 1. The van der Waals surface area contributed by atoms with Crippen molar-refractivity contribution in [3.63, 3.8) is 0 Å². The summed E-state index contributed by atoms with van der Waals surface area (Å²) in [6, 6.07) is 13.6. The van der Waals surface area contributed by atoms with Gasteiger partial charge in [0, 0.05) is 10.5 Å². The lowest BCUT2D eigenvalue weighted by molar-refractivity contribution is 0.340. The molecule has 6 heteroatoms. The maximum Gasteiger partial charge on any atom is 0.264 e. The Balaban J connectivity index is 2.46. The van der Waals surface area contributed by atoms with E-state index in [0.717, 1.165) is 4.47 Å². The maximum atomic E-state index is 12.9. The molecule has 122 valence electrons. The Morgan fingerprint density at radius 2 is 1.91 bits per heavy atom. The number of benzene rings is 2. The molecule has 0 saturated carbocycles. The molecule has 0 aliphatic carbocycles. The van der Waals surface area contributed by atoms with Crippen molar-refractivity contribution in [2.24, 2.45) is 0 Å². The van der Waals surface area contributed by atoms with Gasteiger partial charge >= 0.3 is 0 Å². The standard InChI is InChI=1S/C17H18BrNO3S/c1-3-12-19(15-6-5-7-16(13-15)22-4-2)23(20,21)17-10-8-14(18)9-11-17/h3,5-11,13H,1,4,12H2,2H3. The molecule has 23 heavy (non-hydrogen) atoms. The molecule has 2 aromatic carbocycles. The molecule has 2 aromatic rings. The summed E-state index contributed by atoms with van der Waals surface area (Å²) in [6.45, 7) is 6.24. The van der Waals surface area contributed by atoms with Gasteiger partial charge in [0.15, 0.2) is 0 Å². The predicted octanol–water partition coefficient (Wildman–Crippen LogP) is 4.23. The van der Waals surface area contributed by atoms with E-state index in [0.29, 0.717) is 18.0 Å². The van der Waals surface area contributed by atoms with Crippen molar-refractivity contribution in [1.29, 1.82) is 0 Å². The second kappa shape index (κ2) is 7.66. The van der Waals surface area contributed by atoms with Gasteiger partial charge in [-0.2, -0.15) is 0 Å². The fraction of sp³-hybridized carbons (Fsp3) is 0.176. The molecular formula is C17H18BrNO3S. The first kappa shape index (κ1) is 17.6. The molecule has 0 aliphatic rings. The van der Waals surface area contributed by atoms with Gasteiger partial charge in [0.2, 0.25) is 0 Å². The second-order valence-electron chi connectivity index (χ2n) is 4.71. The van der Waals surface area contributed by atoms with E-state index in [1.165, 1.54) is 4.31 Å². The van der Waals surface area contributed by atoms with Crippen molar-refractivity contribution in [1.82, 2.24) is 0 Å². The number of rotatable bonds is 7. The molecule has 0 unspecified atom stereocenters. The molecular weight excluding hydrogens is 378 g/mol. The van der Waals surface area contributed by atoms with E-state index in [-0.39, 0.29) is 11.4 Å². The Morgan fingerprint density at radius 1 is 1.22 bits per heavy atom. The van der Waals surface area contributed by atoms with Crippen LogP contribution in [0.4, 0.5) is 5.69 Å². The van der Waals surface area contributed by atoms with Crippen molar-refractivity contribution in [2.75, 3.05) is 17.5 Å². The zero-order valence-corrected chi connectivity index (χ0v) is 15.2. The number of ether oxygens (including phenoxy) is 1. The molecule has 0 heterocycles. The molecule has 0 spiro atoms. The fourth-order valence-electron chi connectivity index (χ4n) is 2.09. The van der Waals surface area contributed by atoms with E-state index in [4.69, 9.17) is 4.74 Å². The lowest BCUT2D eigenvalue weighted by Crippen LogP contribution is -2.31. The number of hydrogen-bond acceptors (Lipinski definition) is 3. The molecule has 0 amide bonds. The normalized spacial score (nSPS) is 11.0. The van der Waals surface area contributed by atoms with Crippen LogP contribution in [0.15, 0.2) is 70.6 Å². The van der Waals surface area contributed by atoms with Crippen LogP contribution in [0.25, 0.3) is 0 Å². The zero-order valence-electron chi connectivity index (χ0n) is 12.8. The van der Waals surface area contributed by atoms with E-state index < -0.39 is 10.0 Å². The van der Waals surface area contributed by atoms with Gasteiger partial charge in [-0.25, -0.2) is 8.42 Å². The van der Waals surface area contributed by atoms with Gasteiger partial charge in [-0.1, -0.05) is 28.1 Å². The molecule has 2 rings (SSSR count). The minimum absolute atomic E-state index is 0.175. The van der Waals surface area contributed by atoms with Crippen LogP contribution in [0.5, 0.6) is 5.75 Å². The van der Waals surface area contributed by atoms with E-state index in [1.54, 1.807) is 54.6 Å². The summed E-state index contributed by atoms with van der Waals surface area (Å²) in [6.07, 6.45) is 1.56. The van der Waals surface area contributed by atoms with Crippen molar-refractivity contribution >= 4 is 31.6 Å². The van der Waals surface area contributed by atoms with E-state index in [1.807, 2.05) is 6.92 Å². The van der Waals surface area contributed by atoms with E-state index in [9.17, 15) is 8.42 Å². The summed E-state index contributed by atoms with van der Waals surface area (Å²) < 4.78 is 33.4. The maximum absolute atomic E-state index is 12.9. The second-order valence-corrected chi connectivity index (χ2v) is 7.49. The van der Waals surface area contributed by atoms with Crippen LogP contribution < -0.4 is 9.04 Å². The number of hydrogen-bond donors (Lipinski definition) is 0. The van der Waals surface area contributed by atoms with Gasteiger partial charge in [0.1, 0.15) is 5.75 Å². The first-order chi connectivity index (χ1) is 11.0. The first-order valence-electron chi connectivity index (χ1n) is 7.11. The highest BCUT2D eigenvalue weighted by Crippen LogP contribution is 2.27. The summed E-state index contributed by atoms with van der Waals surface area (Å²) in [4.78, 5) is 0.226. The van der Waals surface area contributed by atoms with Crippen LogP contribution in [0.3, 0.4) is 0 Å². The first-order valence-corrected chi connectivity index (χ1v) is 9.34. The molecule has 0 aliphatic heterocycles. The third kappa shape index (κ3) is 4.14. The fourth-order valence-corrected chi connectivity index (χ4v) is 3.78. The van der Waals surface area contributed by atoms with Gasteiger partial charge in [-0.05, 0) is 43.3 Å². The molecule has 0 bridgehead atoms. The monoisotopic (exact) mass is 395 g/mol. The average Bonchev–Trinajstić information content (AvgIpc) is 2.53. The van der Waals surface area contributed by atoms with Crippen LogP contribution in [0.1, 0.15) is 6.92 Å². The van der Waals surface area contributed by atoms with E-state index in [2.05, 4.69) is 22.5 Å². The highest BCUT2D eigenvalue weighted by atomic mass is 79.9. The number of halogens is 1. The molecule has 0 N–H and O–H groups in total. The summed E-state index contributed by atoms with van der Waals surface area (Å²) in [5.74, 6) is 0.630. The largest absolute Gasteiger partial charge is 0.494 e. The quantitative estimate of drug-likeness (QED) is 0.658. The predicted molar refractivity (Wildman–Crippen MR) is 96.5 cm³/mol. The third-order valence-corrected chi connectivity index (χ3v) is 5.45. The van der Waals surface area contributed by atoms with Crippen molar-refractivity contribution in [3.8, 4) is 5.75 Å². The Hall–Kier alpha value is -1.79. The minimum Gasteiger partial charge on any atom is -0.494 e. The van der Waals surface area contributed by atoms with Crippen LogP contribution in [0, 0.1) is 0 Å². The third-order valence-electron chi connectivity index (χ3n) is 3.11. The van der Waals surface area contributed by atoms with Crippen molar-refractivity contribution in [3.05, 3.63) is 65.7 Å². The highest BCUT2D eigenvalue weighted by Gasteiger charge is 2.24. The SMILES string of the molecule is C=CCN(c1cccc(OCC)c1)S(=O)(=O)c1ccc(Br)cc1. The smallest absolute Gasteiger partial charge is 0.264 e. The average molecular weight is 396 g/mol. The number of nitrogens with zero attached hydrogens (tertiary/aromatic N) is 1. The van der Waals surface area contributed by atoms with Gasteiger partial charge < -0.3 is 4.74 Å². The lowest BCUT2D eigenvalue weighted by atomic mass is 10.3. The van der Waals surface area contributed by atoms with Crippen molar-refractivity contribution < 1.29 is 13.2 Å². The molecule has 0 aromatic heterocycles. The summed E-state index contributed by atoms with van der Waals surface area (Å²) in [5, 5.41) is 0. The highest BCUT2D eigenvalue weighted by molar-refractivity contribution is 9.10. The lowest BCUT2D eigenvalue weighted by Gasteiger charge is -2.23. The Labute approximate surface area is 145 Å². The van der Waals surface area contributed by atoms with Crippen LogP contribution in [0.2, 0.25) is 0 Å². The van der Waals surface area contributed by atoms with Crippen molar-refractivity contribution in [2.45, 2.75) is 11.8 Å². The van der Waals surface area contributed by atoms with Crippen LogP contribution in [-0.2, 0) is 10.0 Å². The van der Waals surface area contributed by atoms with Gasteiger partial charge in [-0.3, -0.25) is 4.31 Å². The molecule has 0 radical (unpaired) electrons. The van der Waals surface area contributed by atoms with E-state index >= 15 is 0 Å². The summed E-state index contributed by atoms with van der Waals surface area (Å²) in [5.41, 5.74) is 0.541. The summed E-state index contributed by atoms with van der Waals surface area (Å²) >= 11 is 3.31. The topological polar surface area (TPSA) is 46.6 Å².